The summed E-state index contributed by atoms with van der Waals surface area (Å²) in [4.78, 5) is 23.7. The summed E-state index contributed by atoms with van der Waals surface area (Å²) in [6, 6.07) is 5.17. The van der Waals surface area contributed by atoms with Crippen LogP contribution in [0, 0.1) is 5.41 Å². The zero-order valence-electron chi connectivity index (χ0n) is 17.2. The highest BCUT2D eigenvalue weighted by Crippen LogP contribution is 2.42. The van der Waals surface area contributed by atoms with Crippen LogP contribution in [0.4, 0.5) is 0 Å². The predicted molar refractivity (Wildman–Crippen MR) is 109 cm³/mol. The van der Waals surface area contributed by atoms with Crippen molar-refractivity contribution in [3.63, 3.8) is 0 Å². The lowest BCUT2D eigenvalue weighted by Crippen LogP contribution is -2.26. The van der Waals surface area contributed by atoms with Gasteiger partial charge in [0.05, 0.1) is 26.0 Å². The van der Waals surface area contributed by atoms with Gasteiger partial charge >= 0.3 is 5.97 Å². The molecule has 3 rings (SSSR count). The quantitative estimate of drug-likeness (QED) is 0.740. The molecule has 1 aromatic carbocycles. The van der Waals surface area contributed by atoms with Crippen LogP contribution in [-0.2, 0) is 6.42 Å². The Labute approximate surface area is 169 Å². The van der Waals surface area contributed by atoms with Gasteiger partial charge in [0.1, 0.15) is 5.56 Å². The monoisotopic (exact) mass is 401 g/mol. The third kappa shape index (κ3) is 4.00. The minimum absolute atomic E-state index is 0.000365. The Hall–Kier alpha value is -2.80. The fourth-order valence-electron chi connectivity index (χ4n) is 3.52. The number of benzene rings is 1. The standard InChI is InChI=1S/C22H27NO6/c1-5-14-6-13-7-20(29-12-22(2,3)11-24)19(28-4)8-15(13)17-9-18(25)16(21(26)27)10-23(14)17/h7-10,14,24H,5-6,11-12H2,1-4H3,(H,26,27). The van der Waals surface area contributed by atoms with Crippen LogP contribution in [0.15, 0.2) is 29.2 Å². The molecule has 0 bridgehead atoms. The number of fused-ring (bicyclic) bond motifs is 3. The average Bonchev–Trinajstić information content (AvgIpc) is 2.70. The minimum atomic E-state index is -1.22. The number of ether oxygens (including phenoxy) is 2. The highest BCUT2D eigenvalue weighted by Gasteiger charge is 2.27. The molecule has 2 aromatic rings. The number of aliphatic hydroxyl groups is 1. The summed E-state index contributed by atoms with van der Waals surface area (Å²) in [6.07, 6.45) is 2.91. The zero-order valence-corrected chi connectivity index (χ0v) is 17.2. The number of pyridine rings is 1. The van der Waals surface area contributed by atoms with Crippen LogP contribution in [0.5, 0.6) is 11.5 Å². The fourth-order valence-corrected chi connectivity index (χ4v) is 3.52. The van der Waals surface area contributed by atoms with Crippen LogP contribution >= 0.6 is 0 Å². The molecule has 0 amide bonds. The van der Waals surface area contributed by atoms with Crippen LogP contribution in [0.2, 0.25) is 0 Å². The summed E-state index contributed by atoms with van der Waals surface area (Å²) in [5.74, 6) is -0.117. The van der Waals surface area contributed by atoms with E-state index in [1.165, 1.54) is 12.3 Å². The first-order valence-corrected chi connectivity index (χ1v) is 9.65. The maximum absolute atomic E-state index is 12.3. The van der Waals surface area contributed by atoms with E-state index in [9.17, 15) is 19.8 Å². The van der Waals surface area contributed by atoms with Crippen molar-refractivity contribution in [2.75, 3.05) is 20.3 Å². The summed E-state index contributed by atoms with van der Waals surface area (Å²) in [7, 11) is 1.55. The largest absolute Gasteiger partial charge is 0.493 e. The Balaban J connectivity index is 2.11. The lowest BCUT2D eigenvalue weighted by Gasteiger charge is -2.31. The fraction of sp³-hybridized carbons (Fsp3) is 0.455. The number of carboxylic acid groups (broad SMARTS) is 1. The van der Waals surface area contributed by atoms with Crippen LogP contribution in [0.1, 0.15) is 49.2 Å². The number of methoxy groups -OCH3 is 1. The molecule has 1 atom stereocenters. The molecule has 2 N–H and O–H groups in total. The lowest BCUT2D eigenvalue weighted by molar-refractivity contribution is 0.0694. The van der Waals surface area contributed by atoms with E-state index >= 15 is 0 Å². The van der Waals surface area contributed by atoms with Gasteiger partial charge in [0.15, 0.2) is 16.9 Å². The molecule has 0 radical (unpaired) electrons. The number of rotatable bonds is 7. The highest BCUT2D eigenvalue weighted by atomic mass is 16.5. The van der Waals surface area contributed by atoms with E-state index in [1.54, 1.807) is 7.11 Å². The molecule has 1 unspecified atom stereocenters. The van der Waals surface area contributed by atoms with Gasteiger partial charge in [-0.2, -0.15) is 0 Å². The van der Waals surface area contributed by atoms with Gasteiger partial charge in [-0.05, 0) is 30.5 Å². The van der Waals surface area contributed by atoms with Gasteiger partial charge in [-0.15, -0.1) is 0 Å². The molecule has 156 valence electrons. The molecule has 1 aromatic heterocycles. The van der Waals surface area contributed by atoms with Crippen LogP contribution in [0.25, 0.3) is 11.3 Å². The maximum atomic E-state index is 12.3. The number of carboxylic acids is 1. The molecule has 2 heterocycles. The molecule has 0 saturated carbocycles. The Morgan fingerprint density at radius 2 is 2.00 bits per heavy atom. The summed E-state index contributed by atoms with van der Waals surface area (Å²) in [5, 5.41) is 18.8. The SMILES string of the molecule is CCC1Cc2cc(OCC(C)(C)CO)c(OC)cc2-c2cc(=O)c(C(=O)O)cn21. The second kappa shape index (κ2) is 7.91. The van der Waals surface area contributed by atoms with Crippen LogP contribution < -0.4 is 14.9 Å². The van der Waals surface area contributed by atoms with E-state index in [1.807, 2.05) is 37.5 Å². The summed E-state index contributed by atoms with van der Waals surface area (Å²) < 4.78 is 13.3. The van der Waals surface area contributed by atoms with Crippen molar-refractivity contribution in [1.29, 1.82) is 0 Å². The first-order valence-electron chi connectivity index (χ1n) is 9.65. The normalized spacial score (nSPS) is 15.4. The first kappa shape index (κ1) is 20.9. The Morgan fingerprint density at radius 3 is 2.59 bits per heavy atom. The zero-order chi connectivity index (χ0) is 21.3. The van der Waals surface area contributed by atoms with E-state index in [2.05, 4.69) is 0 Å². The molecule has 29 heavy (non-hydrogen) atoms. The van der Waals surface area contributed by atoms with Crippen molar-refractivity contribution in [2.45, 2.75) is 39.7 Å². The molecule has 0 spiro atoms. The van der Waals surface area contributed by atoms with E-state index in [-0.39, 0.29) is 23.6 Å². The number of aromatic carboxylic acids is 1. The number of carbonyl (C=O) groups is 1. The van der Waals surface area contributed by atoms with Gasteiger partial charge < -0.3 is 24.3 Å². The van der Waals surface area contributed by atoms with Gasteiger partial charge in [0.25, 0.3) is 0 Å². The first-order chi connectivity index (χ1) is 13.7. The Bertz CT molecular complexity index is 992. The van der Waals surface area contributed by atoms with Crippen molar-refractivity contribution in [3.05, 3.63) is 45.7 Å². The van der Waals surface area contributed by atoms with Gasteiger partial charge in [0.2, 0.25) is 0 Å². The molecule has 0 aliphatic carbocycles. The van der Waals surface area contributed by atoms with Gasteiger partial charge in [0, 0.05) is 29.3 Å². The molecule has 0 fully saturated rings. The van der Waals surface area contributed by atoms with E-state index < -0.39 is 11.4 Å². The number of aliphatic hydroxyl groups excluding tert-OH is 1. The molecular formula is C22H27NO6. The van der Waals surface area contributed by atoms with E-state index in [4.69, 9.17) is 9.47 Å². The topological polar surface area (TPSA) is 98.0 Å². The molecule has 7 nitrogen and oxygen atoms in total. The minimum Gasteiger partial charge on any atom is -0.493 e. The van der Waals surface area contributed by atoms with Gasteiger partial charge in [-0.3, -0.25) is 4.79 Å². The second-order valence-corrected chi connectivity index (χ2v) is 8.19. The maximum Gasteiger partial charge on any atom is 0.341 e. The predicted octanol–water partition coefficient (Wildman–Crippen LogP) is 3.13. The van der Waals surface area contributed by atoms with Crippen molar-refractivity contribution in [1.82, 2.24) is 4.57 Å². The summed E-state index contributed by atoms with van der Waals surface area (Å²) >= 11 is 0. The molecular weight excluding hydrogens is 374 g/mol. The number of nitrogens with zero attached hydrogens (tertiary/aromatic N) is 1. The van der Waals surface area contributed by atoms with Gasteiger partial charge in [-0.1, -0.05) is 20.8 Å². The second-order valence-electron chi connectivity index (χ2n) is 8.19. The van der Waals surface area contributed by atoms with Crippen LogP contribution in [0.3, 0.4) is 0 Å². The average molecular weight is 401 g/mol. The van der Waals surface area contributed by atoms with Crippen LogP contribution in [-0.4, -0.2) is 41.1 Å². The third-order valence-corrected chi connectivity index (χ3v) is 5.34. The molecule has 7 heteroatoms. The Kier molecular flexibility index (Phi) is 5.71. The van der Waals surface area contributed by atoms with Crippen molar-refractivity contribution in [2.24, 2.45) is 5.41 Å². The van der Waals surface area contributed by atoms with Crippen molar-refractivity contribution < 1.29 is 24.5 Å². The molecule has 1 aliphatic rings. The molecule has 0 saturated heterocycles. The van der Waals surface area contributed by atoms with Gasteiger partial charge in [-0.25, -0.2) is 4.79 Å². The molecule has 1 aliphatic heterocycles. The lowest BCUT2D eigenvalue weighted by atomic mass is 9.90. The third-order valence-electron chi connectivity index (χ3n) is 5.34. The number of hydrogen-bond acceptors (Lipinski definition) is 5. The number of aromatic nitrogens is 1. The highest BCUT2D eigenvalue weighted by molar-refractivity contribution is 5.87. The van der Waals surface area contributed by atoms with E-state index in [0.717, 1.165) is 17.5 Å². The van der Waals surface area contributed by atoms with Crippen molar-refractivity contribution >= 4 is 5.97 Å². The van der Waals surface area contributed by atoms with E-state index in [0.29, 0.717) is 30.2 Å². The number of hydrogen-bond donors (Lipinski definition) is 2. The summed E-state index contributed by atoms with van der Waals surface area (Å²) in [5.41, 5.74) is 1.38. The Morgan fingerprint density at radius 1 is 1.28 bits per heavy atom. The summed E-state index contributed by atoms with van der Waals surface area (Å²) in [6.45, 7) is 6.18. The smallest absolute Gasteiger partial charge is 0.341 e. The van der Waals surface area contributed by atoms with Crippen molar-refractivity contribution in [3.8, 4) is 22.8 Å².